The molecule has 1 aromatic rings. The monoisotopic (exact) mass is 270 g/mol. The molecule has 106 valence electrons. The van der Waals surface area contributed by atoms with Crippen LogP contribution in [0.3, 0.4) is 0 Å². The van der Waals surface area contributed by atoms with E-state index in [0.29, 0.717) is 0 Å². The minimum absolute atomic E-state index is 0.180. The number of rotatable bonds is 4. The second-order valence-electron chi connectivity index (χ2n) is 4.49. The first-order valence-corrected chi connectivity index (χ1v) is 6.09. The van der Waals surface area contributed by atoms with Crippen LogP contribution in [0.5, 0.6) is 0 Å². The lowest BCUT2D eigenvalue weighted by Crippen LogP contribution is -2.59. The van der Waals surface area contributed by atoms with Gasteiger partial charge in [0.1, 0.15) is 24.4 Å². The van der Waals surface area contributed by atoms with Gasteiger partial charge in [0.2, 0.25) is 0 Å². The second kappa shape index (κ2) is 6.42. The van der Waals surface area contributed by atoms with Crippen molar-refractivity contribution in [3.63, 3.8) is 0 Å². The van der Waals surface area contributed by atoms with Crippen LogP contribution in [0.15, 0.2) is 30.3 Å². The molecular weight excluding hydrogens is 252 g/mol. The van der Waals surface area contributed by atoms with Crippen LogP contribution >= 0.6 is 0 Å². The van der Waals surface area contributed by atoms with Gasteiger partial charge >= 0.3 is 0 Å². The smallest absolute Gasteiger partial charge is 0.184 e. The Morgan fingerprint density at radius 3 is 2.37 bits per heavy atom. The van der Waals surface area contributed by atoms with Crippen molar-refractivity contribution in [2.24, 2.45) is 0 Å². The average Bonchev–Trinajstić information content (AvgIpc) is 2.44. The summed E-state index contributed by atoms with van der Waals surface area (Å²) in [5.74, 6) is 0. The van der Waals surface area contributed by atoms with E-state index in [1.54, 1.807) is 0 Å². The van der Waals surface area contributed by atoms with Gasteiger partial charge < -0.3 is 29.9 Å². The van der Waals surface area contributed by atoms with Gasteiger partial charge in [-0.2, -0.15) is 0 Å². The molecule has 19 heavy (non-hydrogen) atoms. The highest BCUT2D eigenvalue weighted by molar-refractivity contribution is 5.13. The van der Waals surface area contributed by atoms with Crippen LogP contribution in [-0.2, 0) is 16.1 Å². The van der Waals surface area contributed by atoms with Gasteiger partial charge in [0, 0.05) is 0 Å². The van der Waals surface area contributed by atoms with Crippen molar-refractivity contribution >= 4 is 0 Å². The fourth-order valence-corrected chi connectivity index (χ4v) is 2.02. The summed E-state index contributed by atoms with van der Waals surface area (Å²) in [4.78, 5) is 0. The number of aliphatic hydroxyl groups excluding tert-OH is 4. The van der Waals surface area contributed by atoms with Crippen molar-refractivity contribution in [2.75, 3.05) is 6.61 Å². The first kappa shape index (κ1) is 14.4. The molecule has 5 atom stereocenters. The Balaban J connectivity index is 1.96. The predicted molar refractivity (Wildman–Crippen MR) is 65.0 cm³/mol. The first-order chi connectivity index (χ1) is 9.13. The minimum Gasteiger partial charge on any atom is -0.394 e. The SMILES string of the molecule is OC[C@H]1O[C@@H](O)[C@H](OCc2ccccc2)[C@@H](O)[C@H]1O. The molecule has 2 rings (SSSR count). The minimum atomic E-state index is -1.39. The molecule has 6 heteroatoms. The Morgan fingerprint density at radius 2 is 1.74 bits per heavy atom. The van der Waals surface area contributed by atoms with E-state index in [0.717, 1.165) is 5.56 Å². The van der Waals surface area contributed by atoms with Crippen molar-refractivity contribution in [1.82, 2.24) is 0 Å². The van der Waals surface area contributed by atoms with Crippen LogP contribution in [0.2, 0.25) is 0 Å². The van der Waals surface area contributed by atoms with Gasteiger partial charge in [0.15, 0.2) is 6.29 Å². The second-order valence-corrected chi connectivity index (χ2v) is 4.49. The van der Waals surface area contributed by atoms with E-state index in [-0.39, 0.29) is 6.61 Å². The molecule has 1 aromatic carbocycles. The molecule has 0 radical (unpaired) electrons. The highest BCUT2D eigenvalue weighted by Gasteiger charge is 2.44. The summed E-state index contributed by atoms with van der Waals surface area (Å²) in [6.07, 6.45) is -6.07. The van der Waals surface area contributed by atoms with Gasteiger partial charge in [-0.15, -0.1) is 0 Å². The van der Waals surface area contributed by atoms with Crippen molar-refractivity contribution in [2.45, 2.75) is 37.3 Å². The average molecular weight is 270 g/mol. The van der Waals surface area contributed by atoms with Gasteiger partial charge in [-0.3, -0.25) is 0 Å². The summed E-state index contributed by atoms with van der Waals surface area (Å²) in [5.41, 5.74) is 0.876. The summed E-state index contributed by atoms with van der Waals surface area (Å²) in [6, 6.07) is 9.25. The van der Waals surface area contributed by atoms with E-state index in [9.17, 15) is 15.3 Å². The molecular formula is C13H18O6. The van der Waals surface area contributed by atoms with Crippen molar-refractivity contribution in [3.8, 4) is 0 Å². The lowest BCUT2D eigenvalue weighted by molar-refractivity contribution is -0.298. The molecule has 0 aromatic heterocycles. The van der Waals surface area contributed by atoms with Gasteiger partial charge in [-0.05, 0) is 5.56 Å². The van der Waals surface area contributed by atoms with Crippen LogP contribution in [0.1, 0.15) is 5.56 Å². The highest BCUT2D eigenvalue weighted by atomic mass is 16.7. The van der Waals surface area contributed by atoms with Gasteiger partial charge in [0.25, 0.3) is 0 Å². The highest BCUT2D eigenvalue weighted by Crippen LogP contribution is 2.23. The zero-order valence-electron chi connectivity index (χ0n) is 10.3. The third-order valence-corrected chi connectivity index (χ3v) is 3.13. The molecule has 0 aliphatic carbocycles. The molecule has 1 heterocycles. The Bertz CT molecular complexity index is 384. The first-order valence-electron chi connectivity index (χ1n) is 6.09. The normalized spacial score (nSPS) is 35.3. The zero-order valence-corrected chi connectivity index (χ0v) is 10.3. The summed E-state index contributed by atoms with van der Waals surface area (Å²) in [7, 11) is 0. The maximum Gasteiger partial charge on any atom is 0.184 e. The standard InChI is InChI=1S/C13H18O6/c14-6-9-10(15)11(16)12(13(17)19-9)18-7-8-4-2-1-3-5-8/h1-5,9-17H,6-7H2/t9-,10+,11+,12-,13-/m1/s1. The summed E-state index contributed by atoms with van der Waals surface area (Å²) < 4.78 is 10.4. The maximum atomic E-state index is 9.86. The molecule has 0 bridgehead atoms. The number of hydrogen-bond donors (Lipinski definition) is 4. The Labute approximate surface area is 110 Å². The molecule has 0 unspecified atom stereocenters. The lowest BCUT2D eigenvalue weighted by Gasteiger charge is -2.39. The molecule has 0 spiro atoms. The largest absolute Gasteiger partial charge is 0.394 e. The molecule has 6 nitrogen and oxygen atoms in total. The Morgan fingerprint density at radius 1 is 1.05 bits per heavy atom. The van der Waals surface area contributed by atoms with Crippen LogP contribution in [0.4, 0.5) is 0 Å². The molecule has 0 saturated carbocycles. The third kappa shape index (κ3) is 3.30. The lowest BCUT2D eigenvalue weighted by atomic mass is 9.99. The molecule has 4 N–H and O–H groups in total. The van der Waals surface area contributed by atoms with Crippen LogP contribution in [0, 0.1) is 0 Å². The van der Waals surface area contributed by atoms with E-state index in [1.165, 1.54) is 0 Å². The van der Waals surface area contributed by atoms with Crippen LogP contribution in [-0.4, -0.2) is 57.7 Å². The molecule has 1 saturated heterocycles. The number of benzene rings is 1. The summed E-state index contributed by atoms with van der Waals surface area (Å²) in [6.45, 7) is -0.305. The number of hydrogen-bond acceptors (Lipinski definition) is 6. The van der Waals surface area contributed by atoms with Gasteiger partial charge in [0.05, 0.1) is 13.2 Å². The molecule has 1 fully saturated rings. The van der Waals surface area contributed by atoms with Crippen LogP contribution in [0.25, 0.3) is 0 Å². The fraction of sp³-hybridized carbons (Fsp3) is 0.538. The van der Waals surface area contributed by atoms with Gasteiger partial charge in [-0.1, -0.05) is 30.3 Å². The van der Waals surface area contributed by atoms with Crippen LogP contribution < -0.4 is 0 Å². The van der Waals surface area contributed by atoms with E-state index in [2.05, 4.69) is 0 Å². The molecule has 0 amide bonds. The van der Waals surface area contributed by atoms with E-state index in [4.69, 9.17) is 14.6 Å². The van der Waals surface area contributed by atoms with Crippen molar-refractivity contribution < 1.29 is 29.9 Å². The third-order valence-electron chi connectivity index (χ3n) is 3.13. The predicted octanol–water partition coefficient (Wildman–Crippen LogP) is -0.997. The maximum absolute atomic E-state index is 9.86. The van der Waals surface area contributed by atoms with E-state index < -0.39 is 37.3 Å². The quantitative estimate of drug-likeness (QED) is 0.560. The van der Waals surface area contributed by atoms with E-state index >= 15 is 0 Å². The van der Waals surface area contributed by atoms with E-state index in [1.807, 2.05) is 30.3 Å². The molecule has 1 aliphatic rings. The topological polar surface area (TPSA) is 99.4 Å². The number of aliphatic hydroxyl groups is 4. The van der Waals surface area contributed by atoms with Crippen molar-refractivity contribution in [1.29, 1.82) is 0 Å². The van der Waals surface area contributed by atoms with Gasteiger partial charge in [-0.25, -0.2) is 0 Å². The fourth-order valence-electron chi connectivity index (χ4n) is 2.02. The Hall–Kier alpha value is -1.02. The molecule has 1 aliphatic heterocycles. The summed E-state index contributed by atoms with van der Waals surface area (Å²) >= 11 is 0. The zero-order chi connectivity index (χ0) is 13.8. The van der Waals surface area contributed by atoms with Crippen molar-refractivity contribution in [3.05, 3.63) is 35.9 Å². The Kier molecular flexibility index (Phi) is 4.87. The number of ether oxygens (including phenoxy) is 2. The summed E-state index contributed by atoms with van der Waals surface area (Å²) in [5, 5.41) is 38.2.